The second-order valence-electron chi connectivity index (χ2n) is 5.99. The number of benzene rings is 1. The van der Waals surface area contributed by atoms with Crippen molar-refractivity contribution in [3.8, 4) is 0 Å². The van der Waals surface area contributed by atoms with E-state index < -0.39 is 0 Å². The highest BCUT2D eigenvalue weighted by Crippen LogP contribution is 2.19. The van der Waals surface area contributed by atoms with Gasteiger partial charge in [0.1, 0.15) is 0 Å². The van der Waals surface area contributed by atoms with Crippen molar-refractivity contribution in [1.29, 1.82) is 0 Å². The Labute approximate surface area is 137 Å². The molecular formula is C17H24N6. The molecule has 3 rings (SSSR count). The van der Waals surface area contributed by atoms with Gasteiger partial charge in [0.25, 0.3) is 0 Å². The maximum atomic E-state index is 4.62. The molecule has 0 amide bonds. The van der Waals surface area contributed by atoms with Gasteiger partial charge in [-0.3, -0.25) is 0 Å². The summed E-state index contributed by atoms with van der Waals surface area (Å²) in [5, 5.41) is 11.6. The molecule has 1 saturated heterocycles. The molecule has 1 aliphatic heterocycles. The van der Waals surface area contributed by atoms with Crippen LogP contribution in [0.2, 0.25) is 0 Å². The lowest BCUT2D eigenvalue weighted by Crippen LogP contribution is -2.46. The third kappa shape index (κ3) is 3.76. The van der Waals surface area contributed by atoms with E-state index in [-0.39, 0.29) is 0 Å². The molecule has 1 aromatic carbocycles. The standard InChI is InChI=1S/C17H24N6/c1-4-22-7-9-23(10-8-22)17-20-16(12-18-21-17)19-15-6-5-13(2)14(3)11-15/h5-6,11-12H,4,7-10H2,1-3H3,(H,19,20,21). The van der Waals surface area contributed by atoms with E-state index in [4.69, 9.17) is 0 Å². The van der Waals surface area contributed by atoms with Gasteiger partial charge in [-0.2, -0.15) is 10.1 Å². The summed E-state index contributed by atoms with van der Waals surface area (Å²) in [6.07, 6.45) is 1.67. The van der Waals surface area contributed by atoms with Gasteiger partial charge in [-0.25, -0.2) is 0 Å². The van der Waals surface area contributed by atoms with Crippen LogP contribution in [0.4, 0.5) is 17.5 Å². The molecule has 23 heavy (non-hydrogen) atoms. The van der Waals surface area contributed by atoms with E-state index >= 15 is 0 Å². The van der Waals surface area contributed by atoms with Crippen LogP contribution in [0.1, 0.15) is 18.1 Å². The zero-order valence-electron chi connectivity index (χ0n) is 14.1. The van der Waals surface area contributed by atoms with Crippen molar-refractivity contribution in [2.45, 2.75) is 20.8 Å². The fourth-order valence-corrected chi connectivity index (χ4v) is 2.72. The molecule has 0 aliphatic carbocycles. The van der Waals surface area contributed by atoms with Gasteiger partial charge in [0.2, 0.25) is 5.95 Å². The number of hydrogen-bond acceptors (Lipinski definition) is 6. The lowest BCUT2D eigenvalue weighted by atomic mass is 10.1. The first-order valence-electron chi connectivity index (χ1n) is 8.17. The molecule has 2 heterocycles. The summed E-state index contributed by atoms with van der Waals surface area (Å²) < 4.78 is 0. The second kappa shape index (κ2) is 6.91. The van der Waals surface area contributed by atoms with E-state index in [9.17, 15) is 0 Å². The maximum Gasteiger partial charge on any atom is 0.247 e. The van der Waals surface area contributed by atoms with E-state index in [2.05, 4.69) is 69.3 Å². The summed E-state index contributed by atoms with van der Waals surface area (Å²) in [5.41, 5.74) is 3.56. The van der Waals surface area contributed by atoms with Crippen molar-refractivity contribution in [2.24, 2.45) is 0 Å². The monoisotopic (exact) mass is 312 g/mol. The van der Waals surface area contributed by atoms with Crippen LogP contribution < -0.4 is 10.2 Å². The van der Waals surface area contributed by atoms with Gasteiger partial charge < -0.3 is 15.1 Å². The van der Waals surface area contributed by atoms with Crippen molar-refractivity contribution in [3.63, 3.8) is 0 Å². The van der Waals surface area contributed by atoms with Crippen molar-refractivity contribution >= 4 is 17.5 Å². The number of aromatic nitrogens is 3. The smallest absolute Gasteiger partial charge is 0.247 e. The first-order valence-corrected chi connectivity index (χ1v) is 8.17. The normalized spacial score (nSPS) is 15.7. The minimum atomic E-state index is 0.703. The van der Waals surface area contributed by atoms with E-state index in [0.717, 1.165) is 44.2 Å². The largest absolute Gasteiger partial charge is 0.339 e. The Balaban J connectivity index is 1.71. The minimum absolute atomic E-state index is 0.703. The number of rotatable bonds is 4. The molecule has 1 aromatic heterocycles. The SMILES string of the molecule is CCN1CCN(c2nncc(Nc3ccc(C)c(C)c3)n2)CC1. The number of hydrogen-bond donors (Lipinski definition) is 1. The van der Waals surface area contributed by atoms with Crippen molar-refractivity contribution in [2.75, 3.05) is 42.9 Å². The van der Waals surface area contributed by atoms with Gasteiger partial charge in [-0.05, 0) is 43.7 Å². The first kappa shape index (κ1) is 15.7. The lowest BCUT2D eigenvalue weighted by molar-refractivity contribution is 0.269. The second-order valence-corrected chi connectivity index (χ2v) is 5.99. The fraction of sp³-hybridized carbons (Fsp3) is 0.471. The number of nitrogens with zero attached hydrogens (tertiary/aromatic N) is 5. The van der Waals surface area contributed by atoms with Crippen LogP contribution in [0.3, 0.4) is 0 Å². The summed E-state index contributed by atoms with van der Waals surface area (Å²) in [7, 11) is 0. The Morgan fingerprint density at radius 3 is 2.57 bits per heavy atom. The van der Waals surface area contributed by atoms with E-state index in [0.29, 0.717) is 5.95 Å². The van der Waals surface area contributed by atoms with Crippen molar-refractivity contribution < 1.29 is 0 Å². The Morgan fingerprint density at radius 1 is 1.09 bits per heavy atom. The Bertz CT molecular complexity index is 664. The quantitative estimate of drug-likeness (QED) is 0.935. The lowest BCUT2D eigenvalue weighted by Gasteiger charge is -2.33. The van der Waals surface area contributed by atoms with Gasteiger partial charge in [-0.15, -0.1) is 5.10 Å². The number of piperazine rings is 1. The van der Waals surface area contributed by atoms with Gasteiger partial charge in [0, 0.05) is 31.9 Å². The number of nitrogens with one attached hydrogen (secondary N) is 1. The number of likely N-dealkylation sites (N-methyl/N-ethyl adjacent to an activating group) is 1. The number of aryl methyl sites for hydroxylation is 2. The Hall–Kier alpha value is -2.21. The first-order chi connectivity index (χ1) is 11.2. The van der Waals surface area contributed by atoms with E-state index in [1.807, 2.05) is 0 Å². The molecule has 122 valence electrons. The topological polar surface area (TPSA) is 57.2 Å². The molecule has 1 fully saturated rings. The van der Waals surface area contributed by atoms with E-state index in [1.165, 1.54) is 11.1 Å². The third-order valence-corrected chi connectivity index (χ3v) is 4.43. The zero-order valence-corrected chi connectivity index (χ0v) is 14.1. The minimum Gasteiger partial charge on any atom is -0.339 e. The summed E-state index contributed by atoms with van der Waals surface area (Å²) in [4.78, 5) is 9.25. The molecule has 1 N–H and O–H groups in total. The zero-order chi connectivity index (χ0) is 16.2. The van der Waals surface area contributed by atoms with Gasteiger partial charge in [-0.1, -0.05) is 13.0 Å². The maximum absolute atomic E-state index is 4.62. The summed E-state index contributed by atoms with van der Waals surface area (Å²) in [5.74, 6) is 1.44. The highest BCUT2D eigenvalue weighted by Gasteiger charge is 2.18. The molecule has 0 spiro atoms. The molecule has 0 atom stereocenters. The molecule has 6 nitrogen and oxygen atoms in total. The van der Waals surface area contributed by atoms with Gasteiger partial charge >= 0.3 is 0 Å². The fourth-order valence-electron chi connectivity index (χ4n) is 2.72. The Morgan fingerprint density at radius 2 is 1.87 bits per heavy atom. The Kier molecular flexibility index (Phi) is 4.71. The third-order valence-electron chi connectivity index (χ3n) is 4.43. The molecule has 2 aromatic rings. The van der Waals surface area contributed by atoms with Crippen molar-refractivity contribution in [1.82, 2.24) is 20.1 Å². The summed E-state index contributed by atoms with van der Waals surface area (Å²) >= 11 is 0. The van der Waals surface area contributed by atoms with Crippen LogP contribution in [0.5, 0.6) is 0 Å². The molecule has 0 unspecified atom stereocenters. The summed E-state index contributed by atoms with van der Waals surface area (Å²) in [6.45, 7) is 11.5. The molecule has 6 heteroatoms. The molecular weight excluding hydrogens is 288 g/mol. The predicted octanol–water partition coefficient (Wildman–Crippen LogP) is 2.37. The highest BCUT2D eigenvalue weighted by molar-refractivity contribution is 5.58. The van der Waals surface area contributed by atoms with E-state index in [1.54, 1.807) is 6.20 Å². The van der Waals surface area contributed by atoms with Crippen LogP contribution in [0.15, 0.2) is 24.4 Å². The van der Waals surface area contributed by atoms with Crippen molar-refractivity contribution in [3.05, 3.63) is 35.5 Å². The highest BCUT2D eigenvalue weighted by atomic mass is 15.4. The molecule has 1 aliphatic rings. The van der Waals surface area contributed by atoms with Crippen LogP contribution >= 0.6 is 0 Å². The number of anilines is 3. The van der Waals surface area contributed by atoms with Crippen LogP contribution in [0.25, 0.3) is 0 Å². The average Bonchev–Trinajstić information content (AvgIpc) is 2.58. The van der Waals surface area contributed by atoms with Crippen LogP contribution in [0, 0.1) is 13.8 Å². The predicted molar refractivity (Wildman–Crippen MR) is 93.4 cm³/mol. The summed E-state index contributed by atoms with van der Waals surface area (Å²) in [6, 6.07) is 6.29. The average molecular weight is 312 g/mol. The van der Waals surface area contributed by atoms with Gasteiger partial charge in [0.05, 0.1) is 6.20 Å². The molecule has 0 bridgehead atoms. The van der Waals surface area contributed by atoms with Crippen LogP contribution in [-0.4, -0.2) is 52.8 Å². The molecule has 0 radical (unpaired) electrons. The van der Waals surface area contributed by atoms with Crippen LogP contribution in [-0.2, 0) is 0 Å². The molecule has 0 saturated carbocycles. The van der Waals surface area contributed by atoms with Gasteiger partial charge in [0.15, 0.2) is 5.82 Å².